The Labute approximate surface area is 59.7 Å². The van der Waals surface area contributed by atoms with Crippen LogP contribution in [0.2, 0.25) is 0 Å². The van der Waals surface area contributed by atoms with Crippen LogP contribution in [0.3, 0.4) is 0 Å². The maximum absolute atomic E-state index is 10.1. The minimum atomic E-state index is -0.791. The van der Waals surface area contributed by atoms with Crippen molar-refractivity contribution in [2.45, 2.75) is 18.9 Å². The van der Waals surface area contributed by atoms with Crippen LogP contribution in [-0.2, 0) is 4.79 Å². The second kappa shape index (κ2) is 3.37. The fraction of sp³-hybridized carbons (Fsp3) is 0.571. The zero-order chi connectivity index (χ0) is 7.40. The monoisotopic (exact) mass is 141 g/mol. The number of hydrogen-bond acceptors (Lipinski definition) is 2. The standard InChI is InChI=1S/C7H11NO2/c9-7(10)5-8-6-3-1-2-4-6/h1,3,6,8H,2,4-5H2,(H,9,10). The number of carboxylic acids is 1. The molecule has 0 amide bonds. The SMILES string of the molecule is O=C(O)CNC1C=CCC1. The largest absolute Gasteiger partial charge is 0.480 e. The Balaban J connectivity index is 2.13. The molecule has 0 aromatic rings. The highest BCUT2D eigenvalue weighted by atomic mass is 16.4. The van der Waals surface area contributed by atoms with E-state index in [0.29, 0.717) is 0 Å². The normalized spacial score (nSPS) is 23.4. The minimum Gasteiger partial charge on any atom is -0.480 e. The predicted octanol–water partition coefficient (Wildman–Crippen LogP) is 0.379. The average molecular weight is 141 g/mol. The van der Waals surface area contributed by atoms with E-state index in [0.717, 1.165) is 12.8 Å². The van der Waals surface area contributed by atoms with Gasteiger partial charge < -0.3 is 10.4 Å². The molecule has 3 heteroatoms. The maximum atomic E-state index is 10.1. The first-order chi connectivity index (χ1) is 4.79. The number of hydrogen-bond donors (Lipinski definition) is 2. The third-order valence-electron chi connectivity index (χ3n) is 1.53. The van der Waals surface area contributed by atoms with Crippen molar-refractivity contribution in [2.24, 2.45) is 0 Å². The topological polar surface area (TPSA) is 49.3 Å². The van der Waals surface area contributed by atoms with Crippen LogP contribution >= 0.6 is 0 Å². The summed E-state index contributed by atoms with van der Waals surface area (Å²) < 4.78 is 0. The van der Waals surface area contributed by atoms with E-state index < -0.39 is 5.97 Å². The first-order valence-electron chi connectivity index (χ1n) is 3.41. The van der Waals surface area contributed by atoms with Crippen molar-refractivity contribution in [3.05, 3.63) is 12.2 Å². The van der Waals surface area contributed by atoms with Crippen molar-refractivity contribution < 1.29 is 9.90 Å². The Kier molecular flexibility index (Phi) is 2.45. The van der Waals surface area contributed by atoms with Crippen molar-refractivity contribution >= 4 is 5.97 Å². The zero-order valence-corrected chi connectivity index (χ0v) is 5.71. The van der Waals surface area contributed by atoms with Gasteiger partial charge in [0.15, 0.2) is 0 Å². The van der Waals surface area contributed by atoms with E-state index in [1.54, 1.807) is 0 Å². The first-order valence-corrected chi connectivity index (χ1v) is 3.41. The summed E-state index contributed by atoms with van der Waals surface area (Å²) in [5.41, 5.74) is 0. The second-order valence-corrected chi connectivity index (χ2v) is 2.39. The Morgan fingerprint density at radius 2 is 2.60 bits per heavy atom. The molecular weight excluding hydrogens is 130 g/mol. The molecule has 0 aromatic heterocycles. The van der Waals surface area contributed by atoms with Crippen molar-refractivity contribution in [2.75, 3.05) is 6.54 Å². The Morgan fingerprint density at radius 1 is 1.80 bits per heavy atom. The first kappa shape index (κ1) is 7.28. The third kappa shape index (κ3) is 2.19. The van der Waals surface area contributed by atoms with Crippen molar-refractivity contribution in [1.82, 2.24) is 5.32 Å². The number of nitrogens with one attached hydrogen (secondary N) is 1. The highest BCUT2D eigenvalue weighted by Crippen LogP contribution is 2.07. The lowest BCUT2D eigenvalue weighted by molar-refractivity contribution is -0.136. The lowest BCUT2D eigenvalue weighted by atomic mass is 10.2. The third-order valence-corrected chi connectivity index (χ3v) is 1.53. The van der Waals surface area contributed by atoms with Crippen LogP contribution in [0.4, 0.5) is 0 Å². The molecule has 1 atom stereocenters. The maximum Gasteiger partial charge on any atom is 0.317 e. The molecule has 0 saturated carbocycles. The van der Waals surface area contributed by atoms with Gasteiger partial charge in [-0.15, -0.1) is 0 Å². The van der Waals surface area contributed by atoms with Gasteiger partial charge in [0.2, 0.25) is 0 Å². The summed E-state index contributed by atoms with van der Waals surface area (Å²) >= 11 is 0. The Hall–Kier alpha value is -0.830. The summed E-state index contributed by atoms with van der Waals surface area (Å²) in [5.74, 6) is -0.791. The quantitative estimate of drug-likeness (QED) is 0.558. The molecule has 0 saturated heterocycles. The number of rotatable bonds is 3. The van der Waals surface area contributed by atoms with Gasteiger partial charge in [0.05, 0.1) is 6.54 Å². The number of carboxylic acid groups (broad SMARTS) is 1. The lowest BCUT2D eigenvalue weighted by Gasteiger charge is -2.06. The van der Waals surface area contributed by atoms with Crippen molar-refractivity contribution in [3.8, 4) is 0 Å². The molecule has 1 aliphatic rings. The molecule has 2 N–H and O–H groups in total. The van der Waals surface area contributed by atoms with Gasteiger partial charge in [-0.25, -0.2) is 0 Å². The van der Waals surface area contributed by atoms with E-state index in [9.17, 15) is 4.79 Å². The van der Waals surface area contributed by atoms with E-state index in [1.807, 2.05) is 6.08 Å². The molecule has 0 aromatic carbocycles. The van der Waals surface area contributed by atoms with Gasteiger partial charge in [0.1, 0.15) is 0 Å². The van der Waals surface area contributed by atoms with E-state index in [2.05, 4.69) is 11.4 Å². The summed E-state index contributed by atoms with van der Waals surface area (Å²) in [6.45, 7) is 0.0645. The summed E-state index contributed by atoms with van der Waals surface area (Å²) in [4.78, 5) is 10.1. The van der Waals surface area contributed by atoms with Gasteiger partial charge >= 0.3 is 5.97 Å². The molecule has 0 heterocycles. The lowest BCUT2D eigenvalue weighted by Crippen LogP contribution is -2.30. The van der Waals surface area contributed by atoms with Crippen LogP contribution in [0, 0.1) is 0 Å². The minimum absolute atomic E-state index is 0.0645. The number of allylic oxidation sites excluding steroid dienone is 1. The van der Waals surface area contributed by atoms with Crippen LogP contribution < -0.4 is 5.32 Å². The van der Waals surface area contributed by atoms with Crippen LogP contribution in [0.5, 0.6) is 0 Å². The smallest absolute Gasteiger partial charge is 0.317 e. The molecule has 1 unspecified atom stereocenters. The van der Waals surface area contributed by atoms with Gasteiger partial charge in [-0.1, -0.05) is 12.2 Å². The van der Waals surface area contributed by atoms with Crippen LogP contribution in [0.25, 0.3) is 0 Å². The summed E-state index contributed by atoms with van der Waals surface area (Å²) in [6.07, 6.45) is 6.19. The van der Waals surface area contributed by atoms with E-state index >= 15 is 0 Å². The van der Waals surface area contributed by atoms with E-state index in [-0.39, 0.29) is 12.6 Å². The summed E-state index contributed by atoms with van der Waals surface area (Å²) in [5, 5.41) is 11.2. The predicted molar refractivity (Wildman–Crippen MR) is 37.8 cm³/mol. The molecule has 0 spiro atoms. The van der Waals surface area contributed by atoms with Crippen LogP contribution in [-0.4, -0.2) is 23.7 Å². The number of aliphatic carboxylic acids is 1. The fourth-order valence-corrected chi connectivity index (χ4v) is 1.02. The van der Waals surface area contributed by atoms with Crippen molar-refractivity contribution in [1.29, 1.82) is 0 Å². The van der Waals surface area contributed by atoms with Gasteiger partial charge in [0, 0.05) is 6.04 Å². The summed E-state index contributed by atoms with van der Waals surface area (Å²) in [7, 11) is 0. The Bertz CT molecular complexity index is 154. The molecule has 0 radical (unpaired) electrons. The average Bonchev–Trinajstić information content (AvgIpc) is 2.34. The summed E-state index contributed by atoms with van der Waals surface area (Å²) in [6, 6.07) is 0.288. The molecule has 0 aliphatic heterocycles. The second-order valence-electron chi connectivity index (χ2n) is 2.39. The van der Waals surface area contributed by atoms with E-state index in [1.165, 1.54) is 0 Å². The van der Waals surface area contributed by atoms with Gasteiger partial charge in [-0.3, -0.25) is 4.79 Å². The molecule has 1 aliphatic carbocycles. The van der Waals surface area contributed by atoms with E-state index in [4.69, 9.17) is 5.11 Å². The molecule has 3 nitrogen and oxygen atoms in total. The molecule has 1 rings (SSSR count). The van der Waals surface area contributed by atoms with Gasteiger partial charge in [-0.2, -0.15) is 0 Å². The van der Waals surface area contributed by atoms with Crippen LogP contribution in [0.15, 0.2) is 12.2 Å². The van der Waals surface area contributed by atoms with Crippen molar-refractivity contribution in [3.63, 3.8) is 0 Å². The molecule has 56 valence electrons. The fourth-order valence-electron chi connectivity index (χ4n) is 1.02. The molecule has 0 fully saturated rings. The Morgan fingerprint density at radius 3 is 3.10 bits per heavy atom. The zero-order valence-electron chi connectivity index (χ0n) is 5.71. The number of carbonyl (C=O) groups is 1. The van der Waals surface area contributed by atoms with Crippen LogP contribution in [0.1, 0.15) is 12.8 Å². The molecule has 0 bridgehead atoms. The highest BCUT2D eigenvalue weighted by Gasteiger charge is 2.08. The van der Waals surface area contributed by atoms with Gasteiger partial charge in [0.25, 0.3) is 0 Å². The molecular formula is C7H11NO2. The molecule has 10 heavy (non-hydrogen) atoms. The van der Waals surface area contributed by atoms with Gasteiger partial charge in [-0.05, 0) is 12.8 Å². The highest BCUT2D eigenvalue weighted by molar-refractivity contribution is 5.69.